The third-order valence-electron chi connectivity index (χ3n) is 3.78. The Labute approximate surface area is 130 Å². The molecule has 21 heavy (non-hydrogen) atoms. The minimum atomic E-state index is 0.185. The van der Waals surface area contributed by atoms with Gasteiger partial charge in [0.25, 0.3) is 0 Å². The van der Waals surface area contributed by atoms with E-state index in [9.17, 15) is 0 Å². The van der Waals surface area contributed by atoms with Crippen molar-refractivity contribution in [2.24, 2.45) is 0 Å². The summed E-state index contributed by atoms with van der Waals surface area (Å²) in [5.74, 6) is 0. The molecule has 1 aliphatic rings. The third-order valence-corrected chi connectivity index (χ3v) is 4.04. The van der Waals surface area contributed by atoms with Crippen molar-refractivity contribution in [1.29, 1.82) is 0 Å². The van der Waals surface area contributed by atoms with E-state index in [2.05, 4.69) is 35.4 Å². The molecule has 0 radical (unpaired) electrons. The first-order valence-electron chi connectivity index (χ1n) is 7.29. The van der Waals surface area contributed by atoms with Gasteiger partial charge in [0.2, 0.25) is 0 Å². The summed E-state index contributed by atoms with van der Waals surface area (Å²) in [6, 6.07) is 7.73. The summed E-state index contributed by atoms with van der Waals surface area (Å²) in [5.41, 5.74) is 2.46. The van der Waals surface area contributed by atoms with Crippen molar-refractivity contribution in [2.75, 3.05) is 19.6 Å². The van der Waals surface area contributed by atoms with Crippen LogP contribution in [0.3, 0.4) is 0 Å². The molecule has 0 unspecified atom stereocenters. The van der Waals surface area contributed by atoms with Crippen LogP contribution in [-0.2, 0) is 6.54 Å². The topological polar surface area (TPSA) is 33.1 Å². The zero-order valence-corrected chi connectivity index (χ0v) is 13.3. The fourth-order valence-corrected chi connectivity index (χ4v) is 2.94. The maximum absolute atomic E-state index is 5.92. The molecule has 0 saturated carbocycles. The van der Waals surface area contributed by atoms with E-state index in [4.69, 9.17) is 11.6 Å². The molecule has 1 saturated heterocycles. The average Bonchev–Trinajstić information content (AvgIpc) is 2.87. The standard InChI is InChI=1S/C16H21ClN4/c1-16(2)12-20(8-7-18-16)10-13-9-19-21(11-13)15-5-3-14(17)4-6-15/h3-6,9,11,18H,7-8,10,12H2,1-2H3. The highest BCUT2D eigenvalue weighted by atomic mass is 35.5. The van der Waals surface area contributed by atoms with E-state index in [1.807, 2.05) is 35.1 Å². The summed E-state index contributed by atoms with van der Waals surface area (Å²) in [4.78, 5) is 2.47. The summed E-state index contributed by atoms with van der Waals surface area (Å²) >= 11 is 5.92. The third kappa shape index (κ3) is 3.64. The Morgan fingerprint density at radius 2 is 2.05 bits per heavy atom. The summed E-state index contributed by atoms with van der Waals surface area (Å²) in [6.07, 6.45) is 4.04. The highest BCUT2D eigenvalue weighted by Crippen LogP contribution is 2.16. The Balaban J connectivity index is 1.69. The predicted octanol–water partition coefficient (Wildman–Crippen LogP) is 2.71. The van der Waals surface area contributed by atoms with Gasteiger partial charge in [-0.15, -0.1) is 0 Å². The van der Waals surface area contributed by atoms with Gasteiger partial charge in [0, 0.05) is 48.5 Å². The molecule has 1 fully saturated rings. The molecule has 0 spiro atoms. The normalized spacial score (nSPS) is 18.8. The molecule has 1 N–H and O–H groups in total. The fraction of sp³-hybridized carbons (Fsp3) is 0.438. The van der Waals surface area contributed by atoms with Gasteiger partial charge in [0.05, 0.1) is 11.9 Å². The van der Waals surface area contributed by atoms with Crippen LogP contribution in [0, 0.1) is 0 Å². The van der Waals surface area contributed by atoms with Gasteiger partial charge in [-0.25, -0.2) is 4.68 Å². The van der Waals surface area contributed by atoms with Gasteiger partial charge in [-0.3, -0.25) is 4.90 Å². The van der Waals surface area contributed by atoms with Gasteiger partial charge in [-0.2, -0.15) is 5.10 Å². The van der Waals surface area contributed by atoms with E-state index in [1.165, 1.54) is 5.56 Å². The molecule has 2 aromatic rings. The SMILES string of the molecule is CC1(C)CN(Cc2cnn(-c3ccc(Cl)cc3)c2)CCN1. The second kappa shape index (κ2) is 5.79. The highest BCUT2D eigenvalue weighted by Gasteiger charge is 2.25. The number of nitrogens with one attached hydrogen (secondary N) is 1. The van der Waals surface area contributed by atoms with Crippen molar-refractivity contribution >= 4 is 11.6 Å². The summed E-state index contributed by atoms with van der Waals surface area (Å²) < 4.78 is 1.90. The van der Waals surface area contributed by atoms with E-state index in [1.54, 1.807) is 0 Å². The molecule has 0 aliphatic carbocycles. The zero-order valence-electron chi connectivity index (χ0n) is 12.5. The van der Waals surface area contributed by atoms with Crippen molar-refractivity contribution in [3.05, 3.63) is 47.2 Å². The van der Waals surface area contributed by atoms with Gasteiger partial charge in [-0.05, 0) is 38.1 Å². The van der Waals surface area contributed by atoms with Crippen molar-refractivity contribution in [2.45, 2.75) is 25.9 Å². The maximum atomic E-state index is 5.92. The van der Waals surface area contributed by atoms with Crippen LogP contribution in [0.1, 0.15) is 19.4 Å². The molecule has 3 rings (SSSR count). The average molecular weight is 305 g/mol. The lowest BCUT2D eigenvalue weighted by Crippen LogP contribution is -2.56. The number of hydrogen-bond acceptors (Lipinski definition) is 3. The van der Waals surface area contributed by atoms with Crippen LogP contribution in [-0.4, -0.2) is 39.9 Å². The first-order valence-corrected chi connectivity index (χ1v) is 7.67. The highest BCUT2D eigenvalue weighted by molar-refractivity contribution is 6.30. The molecular weight excluding hydrogens is 284 g/mol. The van der Waals surface area contributed by atoms with E-state index in [0.29, 0.717) is 0 Å². The van der Waals surface area contributed by atoms with Crippen LogP contribution in [0.5, 0.6) is 0 Å². The second-order valence-electron chi connectivity index (χ2n) is 6.29. The minimum absolute atomic E-state index is 0.185. The van der Waals surface area contributed by atoms with Crippen LogP contribution in [0.2, 0.25) is 5.02 Å². The molecular formula is C16H21ClN4. The fourth-order valence-electron chi connectivity index (χ4n) is 2.82. The Morgan fingerprint density at radius 3 is 2.76 bits per heavy atom. The molecule has 0 atom stereocenters. The molecule has 1 aromatic carbocycles. The molecule has 1 aromatic heterocycles. The van der Waals surface area contributed by atoms with E-state index < -0.39 is 0 Å². The minimum Gasteiger partial charge on any atom is -0.309 e. The maximum Gasteiger partial charge on any atom is 0.0646 e. The van der Waals surface area contributed by atoms with E-state index >= 15 is 0 Å². The molecule has 112 valence electrons. The largest absolute Gasteiger partial charge is 0.309 e. The quantitative estimate of drug-likeness (QED) is 0.946. The number of piperazine rings is 1. The summed E-state index contributed by atoms with van der Waals surface area (Å²) in [5, 5.41) is 8.73. The predicted molar refractivity (Wildman–Crippen MR) is 85.9 cm³/mol. The van der Waals surface area contributed by atoms with Crippen molar-refractivity contribution in [1.82, 2.24) is 20.0 Å². The molecule has 5 heteroatoms. The van der Waals surface area contributed by atoms with E-state index in [-0.39, 0.29) is 5.54 Å². The summed E-state index contributed by atoms with van der Waals surface area (Å²) in [6.45, 7) is 8.61. The smallest absolute Gasteiger partial charge is 0.0646 e. The van der Waals surface area contributed by atoms with Crippen LogP contribution < -0.4 is 5.32 Å². The zero-order chi connectivity index (χ0) is 14.9. The number of nitrogens with zero attached hydrogens (tertiary/aromatic N) is 3. The van der Waals surface area contributed by atoms with Gasteiger partial charge in [-0.1, -0.05) is 11.6 Å². The van der Waals surface area contributed by atoms with Crippen molar-refractivity contribution < 1.29 is 0 Å². The monoisotopic (exact) mass is 304 g/mol. The van der Waals surface area contributed by atoms with Gasteiger partial charge in [0.1, 0.15) is 0 Å². The Bertz CT molecular complexity index is 603. The van der Waals surface area contributed by atoms with Crippen molar-refractivity contribution in [3.8, 4) is 5.69 Å². The number of hydrogen-bond donors (Lipinski definition) is 1. The van der Waals surface area contributed by atoms with Crippen LogP contribution >= 0.6 is 11.6 Å². The number of rotatable bonds is 3. The Kier molecular flexibility index (Phi) is 4.02. The first-order chi connectivity index (χ1) is 10.0. The molecule has 1 aliphatic heterocycles. The molecule has 4 nitrogen and oxygen atoms in total. The van der Waals surface area contributed by atoms with Crippen LogP contribution in [0.15, 0.2) is 36.7 Å². The molecule has 0 bridgehead atoms. The Morgan fingerprint density at radius 1 is 1.29 bits per heavy atom. The van der Waals surface area contributed by atoms with E-state index in [0.717, 1.165) is 36.9 Å². The van der Waals surface area contributed by atoms with Gasteiger partial charge < -0.3 is 5.32 Å². The number of benzene rings is 1. The number of aromatic nitrogens is 2. The first kappa shape index (κ1) is 14.6. The lowest BCUT2D eigenvalue weighted by Gasteiger charge is -2.38. The van der Waals surface area contributed by atoms with Crippen molar-refractivity contribution in [3.63, 3.8) is 0 Å². The lowest BCUT2D eigenvalue weighted by molar-refractivity contribution is 0.148. The van der Waals surface area contributed by atoms with Gasteiger partial charge in [0.15, 0.2) is 0 Å². The second-order valence-corrected chi connectivity index (χ2v) is 6.73. The molecule has 0 amide bonds. The number of halogens is 1. The lowest BCUT2D eigenvalue weighted by atomic mass is 10.0. The Hall–Kier alpha value is -1.36. The van der Waals surface area contributed by atoms with Gasteiger partial charge >= 0.3 is 0 Å². The molecule has 2 heterocycles. The van der Waals surface area contributed by atoms with Crippen LogP contribution in [0.4, 0.5) is 0 Å². The summed E-state index contributed by atoms with van der Waals surface area (Å²) in [7, 11) is 0. The van der Waals surface area contributed by atoms with Crippen LogP contribution in [0.25, 0.3) is 5.69 Å².